The Hall–Kier alpha value is -1.06. The third kappa shape index (κ3) is 2.58. The van der Waals surface area contributed by atoms with Gasteiger partial charge in [0.1, 0.15) is 5.82 Å². The Balaban J connectivity index is 2.12. The summed E-state index contributed by atoms with van der Waals surface area (Å²) in [5, 5.41) is -0.0632. The molecule has 1 aliphatic heterocycles. The second kappa shape index (κ2) is 5.62. The lowest BCUT2D eigenvalue weighted by atomic mass is 9.98. The lowest BCUT2D eigenvalue weighted by Crippen LogP contribution is -2.38. The number of imidazole rings is 1. The Morgan fingerprint density at radius 2 is 2.14 bits per heavy atom. The molecule has 114 valence electrons. The average Bonchev–Trinajstić information content (AvgIpc) is 2.83. The highest BCUT2D eigenvalue weighted by atomic mass is 35.5. The van der Waals surface area contributed by atoms with Gasteiger partial charge in [-0.25, -0.2) is 4.98 Å². The molecule has 0 amide bonds. The lowest BCUT2D eigenvalue weighted by Gasteiger charge is -2.36. The predicted molar refractivity (Wildman–Crippen MR) is 89.1 cm³/mol. The highest BCUT2D eigenvalue weighted by Crippen LogP contribution is 2.35. The second-order valence-electron chi connectivity index (χ2n) is 6.41. The molecular weight excluding hydrogens is 282 g/mol. The van der Waals surface area contributed by atoms with Crippen molar-refractivity contribution in [3.8, 4) is 0 Å². The van der Waals surface area contributed by atoms with E-state index in [1.165, 1.54) is 11.1 Å². The molecule has 0 bridgehead atoms. The third-order valence-corrected chi connectivity index (χ3v) is 5.05. The van der Waals surface area contributed by atoms with Crippen molar-refractivity contribution in [2.75, 3.05) is 13.6 Å². The molecule has 1 aromatic heterocycles. The van der Waals surface area contributed by atoms with Crippen LogP contribution < -0.4 is 0 Å². The van der Waals surface area contributed by atoms with Gasteiger partial charge in [-0.05, 0) is 52.3 Å². The van der Waals surface area contributed by atoms with Crippen LogP contribution in [0.1, 0.15) is 49.5 Å². The van der Waals surface area contributed by atoms with E-state index in [9.17, 15) is 0 Å². The van der Waals surface area contributed by atoms with Crippen LogP contribution in [-0.2, 0) is 0 Å². The highest BCUT2D eigenvalue weighted by Gasteiger charge is 2.28. The molecule has 21 heavy (non-hydrogen) atoms. The van der Waals surface area contributed by atoms with E-state index in [-0.39, 0.29) is 5.38 Å². The van der Waals surface area contributed by atoms with Crippen molar-refractivity contribution >= 4 is 22.6 Å². The molecular formula is C17H24ClN3. The summed E-state index contributed by atoms with van der Waals surface area (Å²) in [6, 6.07) is 7.53. The quantitative estimate of drug-likeness (QED) is 0.771. The van der Waals surface area contributed by atoms with E-state index in [4.69, 9.17) is 16.6 Å². The Bertz CT molecular complexity index is 647. The maximum Gasteiger partial charge on any atom is 0.127 e. The van der Waals surface area contributed by atoms with Crippen molar-refractivity contribution in [2.24, 2.45) is 0 Å². The first kappa shape index (κ1) is 14.9. The number of halogens is 1. The minimum Gasteiger partial charge on any atom is -0.324 e. The SMILES string of the molecule is Cc1cccc2c1nc(C(C)Cl)n2C1CCN(C)C(C)C1. The van der Waals surface area contributed by atoms with Gasteiger partial charge in [0.05, 0.1) is 16.4 Å². The molecule has 3 rings (SSSR count). The van der Waals surface area contributed by atoms with Gasteiger partial charge >= 0.3 is 0 Å². The van der Waals surface area contributed by atoms with Crippen LogP contribution in [0.4, 0.5) is 0 Å². The zero-order chi connectivity index (χ0) is 15.1. The fraction of sp³-hybridized carbons (Fsp3) is 0.588. The minimum atomic E-state index is -0.0632. The van der Waals surface area contributed by atoms with E-state index in [0.29, 0.717) is 12.1 Å². The van der Waals surface area contributed by atoms with E-state index < -0.39 is 0 Å². The van der Waals surface area contributed by atoms with E-state index in [2.05, 4.69) is 48.6 Å². The zero-order valence-corrected chi connectivity index (χ0v) is 14.1. The van der Waals surface area contributed by atoms with Crippen LogP contribution in [0.2, 0.25) is 0 Å². The van der Waals surface area contributed by atoms with E-state index >= 15 is 0 Å². The van der Waals surface area contributed by atoms with Crippen LogP contribution in [0.5, 0.6) is 0 Å². The number of likely N-dealkylation sites (tertiary alicyclic amines) is 1. The first-order valence-corrected chi connectivity index (χ1v) is 8.24. The van der Waals surface area contributed by atoms with Crippen LogP contribution >= 0.6 is 11.6 Å². The molecule has 0 spiro atoms. The molecule has 0 N–H and O–H groups in total. The summed E-state index contributed by atoms with van der Waals surface area (Å²) in [4.78, 5) is 7.28. The lowest BCUT2D eigenvalue weighted by molar-refractivity contribution is 0.157. The monoisotopic (exact) mass is 305 g/mol. The van der Waals surface area contributed by atoms with Gasteiger partial charge in [-0.15, -0.1) is 11.6 Å². The number of nitrogens with zero attached hydrogens (tertiary/aromatic N) is 3. The number of hydrogen-bond acceptors (Lipinski definition) is 2. The molecule has 3 unspecified atom stereocenters. The van der Waals surface area contributed by atoms with Crippen LogP contribution in [0.15, 0.2) is 18.2 Å². The van der Waals surface area contributed by atoms with Crippen LogP contribution in [0.25, 0.3) is 11.0 Å². The van der Waals surface area contributed by atoms with Crippen molar-refractivity contribution in [3.05, 3.63) is 29.6 Å². The highest BCUT2D eigenvalue weighted by molar-refractivity contribution is 6.20. The summed E-state index contributed by atoms with van der Waals surface area (Å²) in [7, 11) is 2.21. The Morgan fingerprint density at radius 1 is 1.38 bits per heavy atom. The zero-order valence-electron chi connectivity index (χ0n) is 13.3. The molecule has 3 atom stereocenters. The van der Waals surface area contributed by atoms with Crippen LogP contribution in [0, 0.1) is 6.92 Å². The third-order valence-electron chi connectivity index (χ3n) is 4.85. The molecule has 2 aromatic rings. The van der Waals surface area contributed by atoms with Crippen LogP contribution in [-0.4, -0.2) is 34.1 Å². The standard InChI is InChI=1S/C17H24ClN3/c1-11-6-5-7-15-16(11)19-17(13(3)18)21(15)14-8-9-20(4)12(2)10-14/h5-7,12-14H,8-10H2,1-4H3. The number of fused-ring (bicyclic) bond motifs is 1. The molecule has 0 saturated carbocycles. The molecule has 1 fully saturated rings. The molecule has 3 nitrogen and oxygen atoms in total. The molecule has 0 aliphatic carbocycles. The Kier molecular flexibility index (Phi) is 3.98. The van der Waals surface area contributed by atoms with Crippen molar-refractivity contribution in [3.63, 3.8) is 0 Å². The minimum absolute atomic E-state index is 0.0632. The van der Waals surface area contributed by atoms with Crippen molar-refractivity contribution in [1.82, 2.24) is 14.5 Å². The van der Waals surface area contributed by atoms with Gasteiger partial charge < -0.3 is 9.47 Å². The maximum atomic E-state index is 6.42. The molecule has 1 saturated heterocycles. The molecule has 0 radical (unpaired) electrons. The first-order valence-electron chi connectivity index (χ1n) is 7.80. The maximum absolute atomic E-state index is 6.42. The summed E-state index contributed by atoms with van der Waals surface area (Å²) in [5.41, 5.74) is 3.57. The van der Waals surface area contributed by atoms with Crippen molar-refractivity contribution in [2.45, 2.75) is 51.1 Å². The fourth-order valence-electron chi connectivity index (χ4n) is 3.44. The van der Waals surface area contributed by atoms with Gasteiger partial charge in [0.25, 0.3) is 0 Å². The van der Waals surface area contributed by atoms with Crippen molar-refractivity contribution < 1.29 is 0 Å². The number of hydrogen-bond donors (Lipinski definition) is 0. The fourth-order valence-corrected chi connectivity index (χ4v) is 3.59. The normalized spacial score (nSPS) is 25.4. The largest absolute Gasteiger partial charge is 0.324 e. The second-order valence-corrected chi connectivity index (χ2v) is 7.06. The van der Waals surface area contributed by atoms with Gasteiger partial charge in [-0.3, -0.25) is 0 Å². The molecule has 1 aliphatic rings. The summed E-state index contributed by atoms with van der Waals surface area (Å²) in [6.45, 7) is 7.58. The number of para-hydroxylation sites is 1. The summed E-state index contributed by atoms with van der Waals surface area (Å²) >= 11 is 6.42. The van der Waals surface area contributed by atoms with Gasteiger partial charge in [-0.2, -0.15) is 0 Å². The molecule has 4 heteroatoms. The number of benzene rings is 1. The van der Waals surface area contributed by atoms with Crippen LogP contribution in [0.3, 0.4) is 0 Å². The molecule has 2 heterocycles. The summed E-state index contributed by atoms with van der Waals surface area (Å²) < 4.78 is 2.41. The van der Waals surface area contributed by atoms with E-state index in [0.717, 1.165) is 30.7 Å². The predicted octanol–water partition coefficient (Wildman–Crippen LogP) is 4.30. The van der Waals surface area contributed by atoms with Gasteiger partial charge in [0.2, 0.25) is 0 Å². The number of alkyl halides is 1. The number of rotatable bonds is 2. The van der Waals surface area contributed by atoms with Gasteiger partial charge in [-0.1, -0.05) is 12.1 Å². The topological polar surface area (TPSA) is 21.1 Å². The number of aryl methyl sites for hydroxylation is 1. The Labute approximate surface area is 131 Å². The van der Waals surface area contributed by atoms with Gasteiger partial charge in [0.15, 0.2) is 0 Å². The molecule has 1 aromatic carbocycles. The summed E-state index contributed by atoms with van der Waals surface area (Å²) in [5.74, 6) is 1.02. The Morgan fingerprint density at radius 3 is 2.81 bits per heavy atom. The average molecular weight is 306 g/mol. The van der Waals surface area contributed by atoms with Gasteiger partial charge in [0, 0.05) is 18.6 Å². The van der Waals surface area contributed by atoms with Crippen molar-refractivity contribution in [1.29, 1.82) is 0 Å². The first-order chi connectivity index (χ1) is 9.99. The number of aromatic nitrogens is 2. The smallest absolute Gasteiger partial charge is 0.127 e. The van der Waals surface area contributed by atoms with E-state index in [1.807, 2.05) is 6.92 Å². The number of piperidine rings is 1. The van der Waals surface area contributed by atoms with E-state index in [1.54, 1.807) is 0 Å². The summed E-state index contributed by atoms with van der Waals surface area (Å²) in [6.07, 6.45) is 2.32.